The van der Waals surface area contributed by atoms with Gasteiger partial charge in [-0.3, -0.25) is 19.7 Å². The van der Waals surface area contributed by atoms with Crippen molar-refractivity contribution in [3.63, 3.8) is 0 Å². The molecule has 0 saturated carbocycles. The minimum Gasteiger partial charge on any atom is -0.490 e. The first-order valence-corrected chi connectivity index (χ1v) is 13.4. The maximum atomic E-state index is 13.3. The van der Waals surface area contributed by atoms with E-state index in [0.717, 1.165) is 16.0 Å². The van der Waals surface area contributed by atoms with Crippen LogP contribution in [-0.2, 0) is 14.4 Å². The maximum Gasteiger partial charge on any atom is 0.335 e. The number of hydrogen-bond acceptors (Lipinski definition) is 6. The minimum absolute atomic E-state index is 0.0876. The van der Waals surface area contributed by atoms with Crippen molar-refractivity contribution in [3.8, 4) is 11.5 Å². The second-order valence-corrected chi connectivity index (χ2v) is 10.0. The van der Waals surface area contributed by atoms with E-state index in [9.17, 15) is 19.2 Å². The highest BCUT2D eigenvalue weighted by atomic mass is 35.5. The quantitative estimate of drug-likeness (QED) is 0.244. The van der Waals surface area contributed by atoms with Crippen molar-refractivity contribution < 1.29 is 28.7 Å². The summed E-state index contributed by atoms with van der Waals surface area (Å²) in [4.78, 5) is 52.1. The molecule has 3 aromatic rings. The molecule has 11 heteroatoms. The Hall–Kier alpha value is -4.34. The summed E-state index contributed by atoms with van der Waals surface area (Å²) in [7, 11) is 0. The summed E-state index contributed by atoms with van der Waals surface area (Å²) in [6.07, 6.45) is 1.29. The van der Waals surface area contributed by atoms with Crippen LogP contribution >= 0.6 is 23.2 Å². The van der Waals surface area contributed by atoms with E-state index in [4.69, 9.17) is 32.7 Å². The van der Waals surface area contributed by atoms with Gasteiger partial charge in [-0.1, -0.05) is 41.4 Å². The number of nitrogens with zero attached hydrogens (tertiary/aromatic N) is 1. The van der Waals surface area contributed by atoms with Crippen LogP contribution in [0.5, 0.6) is 11.5 Å². The molecule has 1 fully saturated rings. The number of anilines is 2. The largest absolute Gasteiger partial charge is 0.490 e. The molecule has 1 saturated heterocycles. The second kappa shape index (κ2) is 12.4. The van der Waals surface area contributed by atoms with E-state index in [1.54, 1.807) is 38.1 Å². The Morgan fingerprint density at radius 2 is 1.71 bits per heavy atom. The monoisotopic (exact) mass is 595 g/mol. The first kappa shape index (κ1) is 29.6. The molecule has 1 aliphatic rings. The topological polar surface area (TPSA) is 114 Å². The number of nitrogens with one attached hydrogen (secondary N) is 2. The smallest absolute Gasteiger partial charge is 0.335 e. The van der Waals surface area contributed by atoms with Crippen LogP contribution < -0.4 is 25.0 Å². The summed E-state index contributed by atoms with van der Waals surface area (Å²) >= 11 is 12.7. The Bertz CT molecular complexity index is 1600. The standard InChI is InChI=1S/C30H27Cl2N3O6/c1-5-40-25-14-19(13-22(32)27(25)41-15-26(36)33-23-10-6-8-16(2)17(23)3)12-20-28(37)34-30(39)35(29(20)38)24-11-7-9-21(31)18(24)4/h6-14H,5,15H2,1-4H3,(H,33,36)(H,34,37,39)/b20-12-. The van der Waals surface area contributed by atoms with Crippen molar-refractivity contribution in [2.75, 3.05) is 23.4 Å². The van der Waals surface area contributed by atoms with Gasteiger partial charge >= 0.3 is 6.03 Å². The molecule has 1 aliphatic heterocycles. The van der Waals surface area contributed by atoms with Gasteiger partial charge in [-0.15, -0.1) is 0 Å². The molecule has 4 rings (SSSR count). The normalized spacial score (nSPS) is 14.2. The van der Waals surface area contributed by atoms with Gasteiger partial charge < -0.3 is 14.8 Å². The van der Waals surface area contributed by atoms with Crippen LogP contribution in [0, 0.1) is 20.8 Å². The summed E-state index contributed by atoms with van der Waals surface area (Å²) in [5, 5.41) is 5.45. The van der Waals surface area contributed by atoms with E-state index in [1.807, 2.05) is 26.0 Å². The lowest BCUT2D eigenvalue weighted by Crippen LogP contribution is -2.54. The minimum atomic E-state index is -0.890. The number of barbiturate groups is 1. The SMILES string of the molecule is CCOc1cc(/C=C2/C(=O)NC(=O)N(c3cccc(Cl)c3C)C2=O)cc(Cl)c1OCC(=O)Nc1cccc(C)c1C. The van der Waals surface area contributed by atoms with Crippen LogP contribution in [0.1, 0.15) is 29.2 Å². The number of imide groups is 2. The number of aryl methyl sites for hydroxylation is 1. The highest BCUT2D eigenvalue weighted by Gasteiger charge is 2.37. The molecular weight excluding hydrogens is 569 g/mol. The number of carbonyl (C=O) groups is 4. The van der Waals surface area contributed by atoms with Crippen molar-refractivity contribution in [1.29, 1.82) is 0 Å². The van der Waals surface area contributed by atoms with Crippen molar-refractivity contribution >= 4 is 64.4 Å². The summed E-state index contributed by atoms with van der Waals surface area (Å²) in [5.41, 5.74) is 3.43. The van der Waals surface area contributed by atoms with Crippen LogP contribution in [0.4, 0.5) is 16.2 Å². The Morgan fingerprint density at radius 3 is 2.44 bits per heavy atom. The van der Waals surface area contributed by atoms with Gasteiger partial charge in [0, 0.05) is 10.7 Å². The fourth-order valence-electron chi connectivity index (χ4n) is 4.17. The lowest BCUT2D eigenvalue weighted by atomic mass is 10.1. The Morgan fingerprint density at radius 1 is 0.976 bits per heavy atom. The number of benzene rings is 3. The molecule has 0 unspecified atom stereocenters. The molecule has 0 spiro atoms. The van der Waals surface area contributed by atoms with Crippen LogP contribution in [-0.4, -0.2) is 37.0 Å². The van der Waals surface area contributed by atoms with Gasteiger partial charge in [0.15, 0.2) is 18.1 Å². The zero-order chi connectivity index (χ0) is 29.8. The summed E-state index contributed by atoms with van der Waals surface area (Å²) in [6.45, 7) is 7.18. The number of amides is 5. The molecule has 0 bridgehead atoms. The molecular formula is C30H27Cl2N3O6. The third-order valence-corrected chi connectivity index (χ3v) is 7.14. The van der Waals surface area contributed by atoms with Crippen molar-refractivity contribution in [2.24, 2.45) is 0 Å². The first-order chi connectivity index (χ1) is 19.5. The molecule has 0 aromatic heterocycles. The Labute approximate surface area is 247 Å². The fraction of sp³-hybridized carbons (Fsp3) is 0.200. The van der Waals surface area contributed by atoms with E-state index in [2.05, 4.69) is 10.6 Å². The van der Waals surface area contributed by atoms with Gasteiger partial charge in [-0.2, -0.15) is 0 Å². The van der Waals surface area contributed by atoms with Gasteiger partial charge in [-0.25, -0.2) is 9.69 Å². The van der Waals surface area contributed by atoms with Crippen molar-refractivity contribution in [3.05, 3.63) is 86.4 Å². The molecule has 0 radical (unpaired) electrons. The van der Waals surface area contributed by atoms with Crippen LogP contribution in [0.25, 0.3) is 6.08 Å². The van der Waals surface area contributed by atoms with E-state index < -0.39 is 23.8 Å². The summed E-state index contributed by atoms with van der Waals surface area (Å²) in [6, 6.07) is 12.5. The highest BCUT2D eigenvalue weighted by Crippen LogP contribution is 2.38. The molecule has 212 valence electrons. The maximum absolute atomic E-state index is 13.3. The van der Waals surface area contributed by atoms with Crippen molar-refractivity contribution in [1.82, 2.24) is 5.32 Å². The van der Waals surface area contributed by atoms with Crippen LogP contribution in [0.3, 0.4) is 0 Å². The van der Waals surface area contributed by atoms with Crippen molar-refractivity contribution in [2.45, 2.75) is 27.7 Å². The van der Waals surface area contributed by atoms with Gasteiger partial charge in [0.25, 0.3) is 17.7 Å². The van der Waals surface area contributed by atoms with Gasteiger partial charge in [-0.05, 0) is 86.4 Å². The zero-order valence-electron chi connectivity index (χ0n) is 22.8. The average Bonchev–Trinajstić information content (AvgIpc) is 2.91. The number of urea groups is 1. The van der Waals surface area contributed by atoms with E-state index in [1.165, 1.54) is 18.2 Å². The molecule has 41 heavy (non-hydrogen) atoms. The van der Waals surface area contributed by atoms with Crippen LogP contribution in [0.15, 0.2) is 54.1 Å². The van der Waals surface area contributed by atoms with E-state index >= 15 is 0 Å². The molecule has 0 aliphatic carbocycles. The highest BCUT2D eigenvalue weighted by molar-refractivity contribution is 6.40. The second-order valence-electron chi connectivity index (χ2n) is 9.19. The molecule has 0 atom stereocenters. The van der Waals surface area contributed by atoms with E-state index in [-0.39, 0.29) is 41.0 Å². The predicted octanol–water partition coefficient (Wildman–Crippen LogP) is 6.00. The number of rotatable bonds is 8. The van der Waals surface area contributed by atoms with Gasteiger partial charge in [0.2, 0.25) is 0 Å². The zero-order valence-corrected chi connectivity index (χ0v) is 24.3. The van der Waals surface area contributed by atoms with Gasteiger partial charge in [0.05, 0.1) is 17.3 Å². The lowest BCUT2D eigenvalue weighted by molar-refractivity contribution is -0.122. The Balaban J connectivity index is 1.60. The first-order valence-electron chi connectivity index (χ1n) is 12.6. The summed E-state index contributed by atoms with van der Waals surface area (Å²) < 4.78 is 11.4. The third-order valence-electron chi connectivity index (χ3n) is 6.45. The Kier molecular flexibility index (Phi) is 9.00. The van der Waals surface area contributed by atoms with E-state index in [0.29, 0.717) is 21.8 Å². The predicted molar refractivity (Wildman–Crippen MR) is 158 cm³/mol. The molecule has 1 heterocycles. The number of halogens is 2. The molecule has 3 aromatic carbocycles. The fourth-order valence-corrected chi connectivity index (χ4v) is 4.61. The number of hydrogen-bond donors (Lipinski definition) is 2. The molecule has 5 amide bonds. The number of ether oxygens (including phenoxy) is 2. The van der Waals surface area contributed by atoms with Gasteiger partial charge in [0.1, 0.15) is 5.57 Å². The summed E-state index contributed by atoms with van der Waals surface area (Å²) in [5.74, 6) is -1.77. The third kappa shape index (κ3) is 6.37. The molecule has 2 N–H and O–H groups in total. The lowest BCUT2D eigenvalue weighted by Gasteiger charge is -2.27. The molecule has 9 nitrogen and oxygen atoms in total. The number of carbonyl (C=O) groups excluding carboxylic acids is 4. The average molecular weight is 596 g/mol. The van der Waals surface area contributed by atoms with Crippen LogP contribution in [0.2, 0.25) is 10.0 Å².